The topological polar surface area (TPSA) is 118 Å². The van der Waals surface area contributed by atoms with E-state index in [2.05, 4.69) is 0 Å². The molecule has 0 aliphatic carbocycles. The van der Waals surface area contributed by atoms with Crippen LogP contribution in [0.15, 0.2) is 48.7 Å². The van der Waals surface area contributed by atoms with Crippen LogP contribution in [0.3, 0.4) is 0 Å². The van der Waals surface area contributed by atoms with Crippen molar-refractivity contribution in [1.29, 1.82) is 5.41 Å². The number of ketones is 1. The van der Waals surface area contributed by atoms with Crippen LogP contribution < -0.4 is 10.6 Å². The molecule has 0 saturated heterocycles. The van der Waals surface area contributed by atoms with Crippen molar-refractivity contribution in [2.45, 2.75) is 46.0 Å². The number of esters is 1. The monoisotopic (exact) mass is 526 g/mol. The summed E-state index contributed by atoms with van der Waals surface area (Å²) in [5, 5.41) is 8.24. The highest BCUT2D eigenvalue weighted by atomic mass is 35.5. The highest BCUT2D eigenvalue weighted by Gasteiger charge is 2.22. The molecule has 0 aliphatic rings. The van der Waals surface area contributed by atoms with Gasteiger partial charge in [0, 0.05) is 53.8 Å². The Hall–Kier alpha value is -3.65. The Morgan fingerprint density at radius 2 is 1.76 bits per heavy atom. The fraction of sp³-hybridized carbons (Fsp3) is 0.357. The number of fused-ring (bicyclic) bond motifs is 1. The van der Waals surface area contributed by atoms with E-state index in [1.165, 1.54) is 4.90 Å². The van der Waals surface area contributed by atoms with Crippen LogP contribution >= 0.6 is 12.4 Å². The number of amidine groups is 1. The van der Waals surface area contributed by atoms with Crippen molar-refractivity contribution in [3.63, 3.8) is 0 Å². The zero-order chi connectivity index (χ0) is 26.2. The summed E-state index contributed by atoms with van der Waals surface area (Å²) < 4.78 is 6.98. The van der Waals surface area contributed by atoms with E-state index in [1.807, 2.05) is 49.0 Å². The molecular weight excluding hydrogens is 492 g/mol. The number of nitrogens with zero attached hydrogens (tertiary/aromatic N) is 2. The van der Waals surface area contributed by atoms with Crippen LogP contribution in [0, 0.1) is 5.41 Å². The van der Waals surface area contributed by atoms with E-state index in [1.54, 1.807) is 25.1 Å². The van der Waals surface area contributed by atoms with E-state index in [0.717, 1.165) is 29.3 Å². The Kier molecular flexibility index (Phi) is 10.9. The summed E-state index contributed by atoms with van der Waals surface area (Å²) >= 11 is 0. The number of nitrogen functional groups attached to an aromatic ring is 1. The Morgan fingerprint density at radius 1 is 1.05 bits per heavy atom. The number of nitrogens with two attached hydrogens (primary N) is 1. The lowest BCUT2D eigenvalue weighted by Crippen LogP contribution is -2.36. The molecule has 0 bridgehead atoms. The van der Waals surface area contributed by atoms with Gasteiger partial charge >= 0.3 is 5.97 Å². The maximum absolute atomic E-state index is 13.2. The van der Waals surface area contributed by atoms with Gasteiger partial charge in [0.25, 0.3) is 0 Å². The molecular formula is C28H35ClN4O4. The highest BCUT2D eigenvalue weighted by molar-refractivity contribution is 6.10. The molecule has 2 aromatic carbocycles. The molecule has 1 amide bonds. The Bertz CT molecular complexity index is 1270. The van der Waals surface area contributed by atoms with Crippen molar-refractivity contribution in [2.75, 3.05) is 18.1 Å². The number of carbonyl (C=O) groups is 3. The molecule has 9 heteroatoms. The van der Waals surface area contributed by atoms with Crippen molar-refractivity contribution in [2.24, 2.45) is 12.8 Å². The predicted octanol–water partition coefficient (Wildman–Crippen LogP) is 4.79. The van der Waals surface area contributed by atoms with E-state index >= 15 is 0 Å². The number of anilines is 1. The first-order valence-electron chi connectivity index (χ1n) is 12.3. The molecule has 0 atom stereocenters. The van der Waals surface area contributed by atoms with Crippen LogP contribution in [-0.4, -0.2) is 41.2 Å². The number of hydrogen-bond donors (Lipinski definition) is 2. The first-order valence-corrected chi connectivity index (χ1v) is 12.3. The van der Waals surface area contributed by atoms with Crippen molar-refractivity contribution in [3.05, 3.63) is 65.4 Å². The third-order valence-electron chi connectivity index (χ3n) is 6.13. The number of rotatable bonds is 12. The van der Waals surface area contributed by atoms with E-state index in [4.69, 9.17) is 15.9 Å². The minimum atomic E-state index is -0.470. The van der Waals surface area contributed by atoms with Crippen molar-refractivity contribution >= 4 is 52.5 Å². The molecule has 0 aliphatic heterocycles. The summed E-state index contributed by atoms with van der Waals surface area (Å²) in [4.78, 5) is 39.9. The number of unbranched alkanes of at least 4 members (excludes halogenated alkanes) is 1. The van der Waals surface area contributed by atoms with Gasteiger partial charge in [-0.15, -0.1) is 12.4 Å². The van der Waals surface area contributed by atoms with Gasteiger partial charge in [0.05, 0.1) is 6.61 Å². The molecule has 1 heterocycles. The van der Waals surface area contributed by atoms with E-state index in [0.29, 0.717) is 36.1 Å². The first kappa shape index (κ1) is 29.6. The fourth-order valence-electron chi connectivity index (χ4n) is 4.14. The second-order valence-electron chi connectivity index (χ2n) is 8.78. The van der Waals surface area contributed by atoms with Gasteiger partial charge in [-0.2, -0.15) is 0 Å². The summed E-state index contributed by atoms with van der Waals surface area (Å²) in [6, 6.07) is 12.8. The van der Waals surface area contributed by atoms with Gasteiger partial charge in [0.2, 0.25) is 5.91 Å². The summed E-state index contributed by atoms with van der Waals surface area (Å²) in [7, 11) is 1.88. The van der Waals surface area contributed by atoms with Gasteiger partial charge in [-0.3, -0.25) is 19.8 Å². The predicted molar refractivity (Wildman–Crippen MR) is 149 cm³/mol. The normalized spacial score (nSPS) is 10.6. The van der Waals surface area contributed by atoms with Gasteiger partial charge in [0.15, 0.2) is 5.78 Å². The lowest BCUT2D eigenvalue weighted by atomic mass is 10.0. The molecule has 0 unspecified atom stereocenters. The molecule has 0 radical (unpaired) electrons. The first-order chi connectivity index (χ1) is 17.2. The molecule has 0 saturated carbocycles. The van der Waals surface area contributed by atoms with Crippen LogP contribution in [0.25, 0.3) is 10.9 Å². The van der Waals surface area contributed by atoms with Crippen molar-refractivity contribution in [1.82, 2.24) is 4.57 Å². The number of aromatic nitrogens is 1. The number of hydrogen-bond acceptors (Lipinski definition) is 5. The molecule has 3 rings (SSSR count). The summed E-state index contributed by atoms with van der Waals surface area (Å²) in [6.07, 6.45) is 4.60. The SMILES string of the molecule is CCCCC(=O)N(CC(=O)OCC)c1ccc2c(c1)c(C(=O)CCc1ccc(C(=N)N)cc1)cn2C.Cl. The van der Waals surface area contributed by atoms with Gasteiger partial charge in [-0.05, 0) is 43.5 Å². The standard InChI is InChI=1S/C28H34N4O4.ClH/c1-4-6-7-26(34)32(18-27(35)36-5-2)21-13-14-24-22(16-21)23(17-31(24)3)25(33)15-10-19-8-11-20(12-9-19)28(29)30;/h8-9,11-14,16-17H,4-7,10,15,18H2,1-3H3,(H3,29,30);1H. The van der Waals surface area contributed by atoms with Crippen LogP contribution in [0.4, 0.5) is 5.69 Å². The lowest BCUT2D eigenvalue weighted by molar-refractivity contribution is -0.142. The van der Waals surface area contributed by atoms with Crippen molar-refractivity contribution < 1.29 is 19.1 Å². The lowest BCUT2D eigenvalue weighted by Gasteiger charge is -2.22. The summed E-state index contributed by atoms with van der Waals surface area (Å²) in [5.41, 5.74) is 9.15. The Morgan fingerprint density at radius 3 is 2.38 bits per heavy atom. The molecule has 8 nitrogen and oxygen atoms in total. The molecule has 1 aromatic heterocycles. The smallest absolute Gasteiger partial charge is 0.326 e. The number of Topliss-reactive ketones (excluding diaryl/α,β-unsaturated/α-hetero) is 1. The third kappa shape index (κ3) is 7.43. The number of benzene rings is 2. The maximum Gasteiger partial charge on any atom is 0.326 e. The van der Waals surface area contributed by atoms with Crippen molar-refractivity contribution in [3.8, 4) is 0 Å². The second kappa shape index (κ2) is 13.6. The minimum Gasteiger partial charge on any atom is -0.465 e. The zero-order valence-electron chi connectivity index (χ0n) is 21.6. The molecule has 37 heavy (non-hydrogen) atoms. The summed E-state index contributed by atoms with van der Waals surface area (Å²) in [5.74, 6) is -0.623. The van der Waals surface area contributed by atoms with Crippen LogP contribution in [0.5, 0.6) is 0 Å². The average molecular weight is 527 g/mol. The Balaban J connectivity index is 0.00000481. The zero-order valence-corrected chi connectivity index (χ0v) is 22.4. The minimum absolute atomic E-state index is 0. The van der Waals surface area contributed by atoms with E-state index < -0.39 is 5.97 Å². The average Bonchev–Trinajstić information content (AvgIpc) is 3.20. The number of ether oxygens (including phenoxy) is 1. The van der Waals surface area contributed by atoms with Gasteiger partial charge in [0.1, 0.15) is 12.4 Å². The molecule has 198 valence electrons. The van der Waals surface area contributed by atoms with Gasteiger partial charge in [-0.1, -0.05) is 37.6 Å². The molecule has 3 aromatic rings. The van der Waals surface area contributed by atoms with E-state index in [9.17, 15) is 14.4 Å². The largest absolute Gasteiger partial charge is 0.465 e. The fourth-order valence-corrected chi connectivity index (χ4v) is 4.14. The van der Waals surface area contributed by atoms with Crippen LogP contribution in [0.1, 0.15) is 61.0 Å². The number of aryl methyl sites for hydroxylation is 2. The number of amides is 1. The number of nitrogens with one attached hydrogen (secondary N) is 1. The van der Waals surface area contributed by atoms with Gasteiger partial charge < -0.3 is 19.9 Å². The van der Waals surface area contributed by atoms with E-state index in [-0.39, 0.29) is 43.1 Å². The highest BCUT2D eigenvalue weighted by Crippen LogP contribution is 2.28. The van der Waals surface area contributed by atoms with Crippen LogP contribution in [-0.2, 0) is 27.8 Å². The maximum atomic E-state index is 13.2. The molecule has 0 spiro atoms. The molecule has 0 fully saturated rings. The number of carbonyl (C=O) groups excluding carboxylic acids is 3. The second-order valence-corrected chi connectivity index (χ2v) is 8.78. The summed E-state index contributed by atoms with van der Waals surface area (Å²) in [6.45, 7) is 3.80. The quantitative estimate of drug-likeness (QED) is 0.152. The molecule has 3 N–H and O–H groups in total. The third-order valence-corrected chi connectivity index (χ3v) is 6.13. The number of halogens is 1. The van der Waals surface area contributed by atoms with Gasteiger partial charge in [-0.25, -0.2) is 0 Å². The Labute approximate surface area is 223 Å². The van der Waals surface area contributed by atoms with Crippen LogP contribution in [0.2, 0.25) is 0 Å².